The summed E-state index contributed by atoms with van der Waals surface area (Å²) < 4.78 is 0. The predicted octanol–water partition coefficient (Wildman–Crippen LogP) is 8.27. The van der Waals surface area contributed by atoms with Gasteiger partial charge in [0.15, 0.2) is 0 Å². The molecule has 0 N–H and O–H groups in total. The lowest BCUT2D eigenvalue weighted by molar-refractivity contribution is -0.139. The minimum Gasteiger partial charge on any atom is -0.342 e. The fraction of sp³-hybridized carbons (Fsp3) is 0.459. The highest BCUT2D eigenvalue weighted by Crippen LogP contribution is 2.42. The molecule has 3 aromatic carbocycles. The van der Waals surface area contributed by atoms with Crippen LogP contribution < -0.4 is 0 Å². The number of benzene rings is 3. The van der Waals surface area contributed by atoms with Gasteiger partial charge in [-0.2, -0.15) is 0 Å². The molecule has 1 unspecified atom stereocenters. The Hall–Kier alpha value is -2.57. The van der Waals surface area contributed by atoms with Gasteiger partial charge < -0.3 is 14.7 Å². The van der Waals surface area contributed by atoms with Gasteiger partial charge in [-0.3, -0.25) is 9.59 Å². The molecule has 2 heterocycles. The van der Waals surface area contributed by atoms with Gasteiger partial charge in [-0.1, -0.05) is 77.8 Å². The first kappa shape index (κ1) is 35.3. The second kappa shape index (κ2) is 15.8. The van der Waals surface area contributed by atoms with Crippen molar-refractivity contribution in [1.29, 1.82) is 0 Å². The van der Waals surface area contributed by atoms with Crippen LogP contribution in [0.1, 0.15) is 73.9 Å². The topological polar surface area (TPSA) is 43.9 Å². The molecule has 2 aliphatic heterocycles. The van der Waals surface area contributed by atoms with Crippen molar-refractivity contribution >= 4 is 47.4 Å². The molecule has 2 aliphatic rings. The van der Waals surface area contributed by atoms with Gasteiger partial charge in [0, 0.05) is 37.2 Å². The highest BCUT2D eigenvalue weighted by Gasteiger charge is 2.45. The Morgan fingerprint density at radius 1 is 0.800 bits per heavy atom. The highest BCUT2D eigenvalue weighted by atomic mass is 35.5. The number of hydrogen-bond donors (Lipinski definition) is 0. The molecule has 5 nitrogen and oxygen atoms in total. The summed E-state index contributed by atoms with van der Waals surface area (Å²) in [6.45, 7) is 9.75. The van der Waals surface area contributed by atoms with Gasteiger partial charge >= 0.3 is 0 Å². The van der Waals surface area contributed by atoms with Crippen molar-refractivity contribution in [1.82, 2.24) is 14.7 Å². The maximum atomic E-state index is 13.9. The van der Waals surface area contributed by atoms with Crippen molar-refractivity contribution in [3.05, 3.63) is 106 Å². The molecule has 242 valence electrons. The smallest absolute Gasteiger partial charge is 0.253 e. The lowest BCUT2D eigenvalue weighted by Crippen LogP contribution is -2.53. The van der Waals surface area contributed by atoms with Crippen LogP contribution in [-0.4, -0.2) is 72.3 Å². The van der Waals surface area contributed by atoms with Crippen molar-refractivity contribution in [3.63, 3.8) is 0 Å². The van der Waals surface area contributed by atoms with E-state index in [2.05, 4.69) is 49.1 Å². The van der Waals surface area contributed by atoms with Crippen LogP contribution in [0.25, 0.3) is 0 Å². The highest BCUT2D eigenvalue weighted by molar-refractivity contribution is 6.42. The van der Waals surface area contributed by atoms with Crippen LogP contribution in [-0.2, 0) is 15.6 Å². The molecule has 2 saturated heterocycles. The van der Waals surface area contributed by atoms with Crippen molar-refractivity contribution in [2.75, 3.05) is 45.8 Å². The number of nitrogens with zero attached hydrogens (tertiary/aromatic N) is 3. The number of halogens is 3. The van der Waals surface area contributed by atoms with E-state index in [4.69, 9.17) is 23.2 Å². The molecular weight excluding hydrogens is 625 g/mol. The summed E-state index contributed by atoms with van der Waals surface area (Å²) in [5, 5.41) is 1.11. The molecule has 0 spiro atoms. The fourth-order valence-electron chi connectivity index (χ4n) is 7.47. The van der Waals surface area contributed by atoms with Crippen molar-refractivity contribution < 1.29 is 9.59 Å². The summed E-state index contributed by atoms with van der Waals surface area (Å²) in [6.07, 6.45) is 5.53. The molecule has 1 atom stereocenters. The summed E-state index contributed by atoms with van der Waals surface area (Å²) in [4.78, 5) is 34.0. The molecule has 0 aliphatic carbocycles. The first-order chi connectivity index (χ1) is 21.3. The summed E-state index contributed by atoms with van der Waals surface area (Å²) in [6, 6.07) is 26.0. The number of hydrogen-bond acceptors (Lipinski definition) is 3. The second-order valence-corrected chi connectivity index (χ2v) is 13.3. The van der Waals surface area contributed by atoms with Crippen LogP contribution in [0.2, 0.25) is 10.0 Å². The average Bonchev–Trinajstić information content (AvgIpc) is 3.07. The van der Waals surface area contributed by atoms with Gasteiger partial charge in [-0.05, 0) is 107 Å². The van der Waals surface area contributed by atoms with Crippen molar-refractivity contribution in [2.45, 2.75) is 63.2 Å². The van der Waals surface area contributed by atoms with Crippen LogP contribution in [0.15, 0.2) is 78.9 Å². The molecule has 2 amide bonds. The third kappa shape index (κ3) is 7.71. The van der Waals surface area contributed by atoms with E-state index in [1.807, 2.05) is 58.3 Å². The minimum atomic E-state index is -0.466. The van der Waals surface area contributed by atoms with Gasteiger partial charge in [0.1, 0.15) is 0 Å². The lowest BCUT2D eigenvalue weighted by atomic mass is 9.70. The largest absolute Gasteiger partial charge is 0.342 e. The van der Waals surface area contributed by atoms with E-state index in [0.717, 1.165) is 94.5 Å². The van der Waals surface area contributed by atoms with Gasteiger partial charge in [0.2, 0.25) is 5.91 Å². The Morgan fingerprint density at radius 2 is 1.44 bits per heavy atom. The van der Waals surface area contributed by atoms with Crippen LogP contribution >= 0.6 is 35.6 Å². The van der Waals surface area contributed by atoms with E-state index < -0.39 is 5.41 Å². The number of carbonyl (C=O) groups excluding carboxylic acids is 2. The fourth-order valence-corrected chi connectivity index (χ4v) is 7.77. The number of likely N-dealkylation sites (N-methyl/N-ethyl adjacent to an activating group) is 1. The zero-order chi connectivity index (χ0) is 31.2. The van der Waals surface area contributed by atoms with Crippen LogP contribution in [0.5, 0.6) is 0 Å². The van der Waals surface area contributed by atoms with E-state index in [-0.39, 0.29) is 29.6 Å². The standard InChI is InChI=1S/C37H45Cl2N3O2.ClH/c1-3-41(4-2)35(44)37(30-15-9-6-10-16-30)21-25-40(26-22-37)23-11-19-36(31-17-18-32(38)33(39)27-31)20-12-24-42(28-36)34(43)29-13-7-5-8-14-29;/h5-10,13-18,27H,3-4,11-12,19-26,28H2,1-2H3;1H. The average molecular weight is 671 g/mol. The Morgan fingerprint density at radius 3 is 2.07 bits per heavy atom. The maximum Gasteiger partial charge on any atom is 0.253 e. The summed E-state index contributed by atoms with van der Waals surface area (Å²) in [7, 11) is 0. The van der Waals surface area contributed by atoms with Gasteiger partial charge in [0.05, 0.1) is 15.5 Å². The van der Waals surface area contributed by atoms with Crippen molar-refractivity contribution in [2.24, 2.45) is 0 Å². The summed E-state index contributed by atoms with van der Waals surface area (Å²) in [5.74, 6) is 0.346. The Labute approximate surface area is 285 Å². The van der Waals surface area contributed by atoms with Crippen LogP contribution in [0, 0.1) is 0 Å². The zero-order valence-electron chi connectivity index (χ0n) is 26.5. The van der Waals surface area contributed by atoms with Gasteiger partial charge in [0.25, 0.3) is 5.91 Å². The zero-order valence-corrected chi connectivity index (χ0v) is 28.8. The Kier molecular flexibility index (Phi) is 12.4. The summed E-state index contributed by atoms with van der Waals surface area (Å²) in [5.41, 5.74) is 2.36. The number of piperidine rings is 2. The number of carbonyl (C=O) groups is 2. The molecule has 3 aromatic rings. The first-order valence-corrected chi connectivity index (χ1v) is 16.9. The number of likely N-dealkylation sites (tertiary alicyclic amines) is 2. The Balaban J connectivity index is 0.00000461. The van der Waals surface area contributed by atoms with E-state index >= 15 is 0 Å². The third-order valence-corrected chi connectivity index (χ3v) is 10.8. The van der Waals surface area contributed by atoms with Gasteiger partial charge in [-0.15, -0.1) is 12.4 Å². The monoisotopic (exact) mass is 669 g/mol. The van der Waals surface area contributed by atoms with E-state index in [0.29, 0.717) is 16.6 Å². The molecule has 2 fully saturated rings. The van der Waals surface area contributed by atoms with E-state index in [1.54, 1.807) is 0 Å². The lowest BCUT2D eigenvalue weighted by Gasteiger charge is -2.45. The third-order valence-electron chi connectivity index (χ3n) is 10.0. The molecule has 5 rings (SSSR count). The predicted molar refractivity (Wildman–Crippen MR) is 188 cm³/mol. The normalized spacial score (nSPS) is 19.9. The first-order valence-electron chi connectivity index (χ1n) is 16.2. The molecule has 0 radical (unpaired) electrons. The van der Waals surface area contributed by atoms with E-state index in [9.17, 15) is 9.59 Å². The second-order valence-electron chi connectivity index (χ2n) is 12.5. The van der Waals surface area contributed by atoms with Crippen LogP contribution in [0.4, 0.5) is 0 Å². The molecule has 45 heavy (non-hydrogen) atoms. The minimum absolute atomic E-state index is 0. The quantitative estimate of drug-likeness (QED) is 0.218. The Bertz CT molecular complexity index is 1410. The van der Waals surface area contributed by atoms with Gasteiger partial charge in [-0.25, -0.2) is 0 Å². The SMILES string of the molecule is CCN(CC)C(=O)C1(c2ccccc2)CCN(CCCC2(c3ccc(Cl)c(Cl)c3)CCCN(C(=O)c3ccccc3)C2)CC1.Cl. The summed E-state index contributed by atoms with van der Waals surface area (Å²) >= 11 is 12.9. The maximum absolute atomic E-state index is 13.9. The molecule has 0 bridgehead atoms. The molecule has 0 saturated carbocycles. The van der Waals surface area contributed by atoms with Crippen LogP contribution in [0.3, 0.4) is 0 Å². The van der Waals surface area contributed by atoms with Crippen molar-refractivity contribution in [3.8, 4) is 0 Å². The molecular formula is C37H46Cl3N3O2. The van der Waals surface area contributed by atoms with E-state index in [1.165, 1.54) is 0 Å². The number of amides is 2. The molecule has 0 aromatic heterocycles. The molecule has 8 heteroatoms. The number of rotatable bonds is 10.